The predicted molar refractivity (Wildman–Crippen MR) is 39.6 cm³/mol. The third kappa shape index (κ3) is 4.32. The van der Waals surface area contributed by atoms with Gasteiger partial charge in [-0.05, 0) is 6.92 Å². The summed E-state index contributed by atoms with van der Waals surface area (Å²) in [7, 11) is 0. The first kappa shape index (κ1) is 10.5. The van der Waals surface area contributed by atoms with E-state index in [4.69, 9.17) is 10.2 Å². The van der Waals surface area contributed by atoms with E-state index in [1.54, 1.807) is 6.92 Å². The van der Waals surface area contributed by atoms with Gasteiger partial charge in [-0.1, -0.05) is 0 Å². The van der Waals surface area contributed by atoms with E-state index in [2.05, 4.69) is 4.74 Å². The maximum Gasteiger partial charge on any atom is 0.335 e. The van der Waals surface area contributed by atoms with E-state index in [0.29, 0.717) is 6.61 Å². The third-order valence-corrected chi connectivity index (χ3v) is 1.01. The molecule has 12 heavy (non-hydrogen) atoms. The van der Waals surface area contributed by atoms with Crippen molar-refractivity contribution in [2.75, 3.05) is 6.61 Å². The molecule has 0 heterocycles. The van der Waals surface area contributed by atoms with E-state index in [1.165, 1.54) is 0 Å². The fourth-order valence-electron chi connectivity index (χ4n) is 0.515. The van der Waals surface area contributed by atoms with Crippen LogP contribution in [0.3, 0.4) is 0 Å². The minimum Gasteiger partial charge on any atom is -0.501 e. The molecular weight excluding hydrogens is 164 g/mol. The lowest BCUT2D eigenvalue weighted by Gasteiger charge is -1.98. The van der Waals surface area contributed by atoms with Gasteiger partial charge < -0.3 is 14.9 Å². The Morgan fingerprint density at radius 3 is 2.33 bits per heavy atom. The quantitative estimate of drug-likeness (QED) is 0.467. The van der Waals surface area contributed by atoms with Crippen molar-refractivity contribution in [3.05, 3.63) is 11.8 Å². The van der Waals surface area contributed by atoms with Crippen molar-refractivity contribution < 1.29 is 24.5 Å². The summed E-state index contributed by atoms with van der Waals surface area (Å²) in [6.07, 6.45) is 0.422. The number of hydrogen-bond acceptors (Lipinski definition) is 3. The number of carboxylic acid groups (broad SMARTS) is 2. The summed E-state index contributed by atoms with van der Waals surface area (Å²) >= 11 is 0. The Labute approximate surface area is 69.3 Å². The Morgan fingerprint density at radius 1 is 1.42 bits per heavy atom. The Balaban J connectivity index is 4.22. The molecule has 0 rings (SSSR count). The summed E-state index contributed by atoms with van der Waals surface area (Å²) in [5.41, 5.74) is -0.260. The molecular formula is C7H10O5. The van der Waals surface area contributed by atoms with Crippen LogP contribution >= 0.6 is 0 Å². The van der Waals surface area contributed by atoms with Crippen molar-refractivity contribution in [1.29, 1.82) is 0 Å². The lowest BCUT2D eigenvalue weighted by molar-refractivity contribution is -0.139. The smallest absolute Gasteiger partial charge is 0.335 e. The van der Waals surface area contributed by atoms with E-state index in [-0.39, 0.29) is 5.57 Å². The number of ether oxygens (including phenoxy) is 1. The highest BCUT2D eigenvalue weighted by Crippen LogP contribution is 2.01. The van der Waals surface area contributed by atoms with E-state index in [1.807, 2.05) is 0 Å². The van der Waals surface area contributed by atoms with Crippen LogP contribution in [-0.2, 0) is 14.3 Å². The van der Waals surface area contributed by atoms with Crippen molar-refractivity contribution >= 4 is 11.9 Å². The van der Waals surface area contributed by atoms with Crippen LogP contribution in [0, 0.1) is 0 Å². The van der Waals surface area contributed by atoms with Crippen molar-refractivity contribution in [2.45, 2.75) is 13.3 Å². The lowest BCUT2D eigenvalue weighted by Crippen LogP contribution is -2.07. The standard InChI is InChI=1S/C7H10O5/c1-2-12-4-5(7(10)11)3-6(8)9/h4H,2-3H2,1H3,(H,8,9)(H,10,11). The zero-order valence-electron chi connectivity index (χ0n) is 6.61. The van der Waals surface area contributed by atoms with Gasteiger partial charge in [0.2, 0.25) is 0 Å². The maximum absolute atomic E-state index is 10.3. The molecule has 68 valence electrons. The summed E-state index contributed by atoms with van der Waals surface area (Å²) < 4.78 is 4.65. The van der Waals surface area contributed by atoms with Crippen LogP contribution in [0.15, 0.2) is 11.8 Å². The van der Waals surface area contributed by atoms with Gasteiger partial charge in [-0.25, -0.2) is 4.79 Å². The van der Waals surface area contributed by atoms with Crippen LogP contribution in [0.4, 0.5) is 0 Å². The van der Waals surface area contributed by atoms with Crippen LogP contribution in [0.5, 0.6) is 0 Å². The maximum atomic E-state index is 10.3. The average Bonchev–Trinajstić information content (AvgIpc) is 1.96. The van der Waals surface area contributed by atoms with Crippen LogP contribution in [-0.4, -0.2) is 28.8 Å². The average molecular weight is 174 g/mol. The van der Waals surface area contributed by atoms with Gasteiger partial charge in [0.25, 0.3) is 0 Å². The molecule has 0 amide bonds. The molecule has 0 spiro atoms. The molecule has 0 aliphatic rings. The molecule has 0 aromatic heterocycles. The van der Waals surface area contributed by atoms with Gasteiger partial charge in [-0.2, -0.15) is 0 Å². The van der Waals surface area contributed by atoms with Gasteiger partial charge in [0, 0.05) is 0 Å². The first-order chi connectivity index (χ1) is 5.57. The van der Waals surface area contributed by atoms with Crippen molar-refractivity contribution in [3.8, 4) is 0 Å². The first-order valence-corrected chi connectivity index (χ1v) is 3.33. The van der Waals surface area contributed by atoms with Gasteiger partial charge >= 0.3 is 11.9 Å². The molecule has 5 nitrogen and oxygen atoms in total. The summed E-state index contributed by atoms with van der Waals surface area (Å²) in [5, 5.41) is 16.7. The number of rotatable bonds is 5. The van der Waals surface area contributed by atoms with E-state index < -0.39 is 18.4 Å². The van der Waals surface area contributed by atoms with Gasteiger partial charge in [-0.3, -0.25) is 4.79 Å². The van der Waals surface area contributed by atoms with Crippen LogP contribution in [0.2, 0.25) is 0 Å². The first-order valence-electron chi connectivity index (χ1n) is 3.33. The lowest BCUT2D eigenvalue weighted by atomic mass is 10.2. The molecule has 0 atom stereocenters. The van der Waals surface area contributed by atoms with Crippen LogP contribution in [0.1, 0.15) is 13.3 Å². The third-order valence-electron chi connectivity index (χ3n) is 1.01. The van der Waals surface area contributed by atoms with Gasteiger partial charge in [-0.15, -0.1) is 0 Å². The van der Waals surface area contributed by atoms with Crippen LogP contribution in [0.25, 0.3) is 0 Å². The second-order valence-corrected chi connectivity index (χ2v) is 1.97. The summed E-state index contributed by atoms with van der Waals surface area (Å²) in [5.74, 6) is -2.46. The van der Waals surface area contributed by atoms with Gasteiger partial charge in [0.15, 0.2) is 0 Å². The van der Waals surface area contributed by atoms with E-state index in [9.17, 15) is 9.59 Å². The number of aliphatic carboxylic acids is 2. The Kier molecular flexibility index (Phi) is 4.52. The molecule has 0 saturated carbocycles. The number of hydrogen-bond donors (Lipinski definition) is 2. The second kappa shape index (κ2) is 5.17. The number of carbonyl (C=O) groups is 2. The molecule has 2 N–H and O–H groups in total. The Hall–Kier alpha value is -1.52. The zero-order valence-corrected chi connectivity index (χ0v) is 6.61. The van der Waals surface area contributed by atoms with Crippen molar-refractivity contribution in [1.82, 2.24) is 0 Å². The summed E-state index contributed by atoms with van der Waals surface area (Å²) in [6.45, 7) is 1.99. The molecule has 0 radical (unpaired) electrons. The minimum atomic E-state index is -1.27. The predicted octanol–water partition coefficient (Wildman–Crippen LogP) is 0.466. The second-order valence-electron chi connectivity index (χ2n) is 1.97. The molecule has 0 aromatic carbocycles. The highest BCUT2D eigenvalue weighted by molar-refractivity contribution is 5.91. The molecule has 0 fully saturated rings. The largest absolute Gasteiger partial charge is 0.501 e. The molecule has 0 aliphatic heterocycles. The molecule has 0 saturated heterocycles. The van der Waals surface area contributed by atoms with Crippen LogP contribution < -0.4 is 0 Å². The zero-order chi connectivity index (χ0) is 9.56. The Bertz CT molecular complexity index is 206. The van der Waals surface area contributed by atoms with E-state index >= 15 is 0 Å². The van der Waals surface area contributed by atoms with E-state index in [0.717, 1.165) is 6.26 Å². The fraction of sp³-hybridized carbons (Fsp3) is 0.429. The molecule has 0 aromatic rings. The topological polar surface area (TPSA) is 83.8 Å². The van der Waals surface area contributed by atoms with Crippen molar-refractivity contribution in [3.63, 3.8) is 0 Å². The Morgan fingerprint density at radius 2 is 2.00 bits per heavy atom. The summed E-state index contributed by atoms with van der Waals surface area (Å²) in [4.78, 5) is 20.4. The molecule has 0 unspecified atom stereocenters. The highest BCUT2D eigenvalue weighted by atomic mass is 16.5. The minimum absolute atomic E-state index is 0.260. The van der Waals surface area contributed by atoms with Gasteiger partial charge in [0.1, 0.15) is 0 Å². The highest BCUT2D eigenvalue weighted by Gasteiger charge is 2.11. The number of carboxylic acids is 2. The molecule has 5 heteroatoms. The van der Waals surface area contributed by atoms with Gasteiger partial charge in [0.05, 0.1) is 24.9 Å². The SMILES string of the molecule is CCOC=C(CC(=O)O)C(=O)O. The molecule has 0 aliphatic carbocycles. The fourth-order valence-corrected chi connectivity index (χ4v) is 0.515. The monoisotopic (exact) mass is 174 g/mol. The normalized spacial score (nSPS) is 10.9. The van der Waals surface area contributed by atoms with Crippen molar-refractivity contribution in [2.24, 2.45) is 0 Å². The summed E-state index contributed by atoms with van der Waals surface area (Å²) in [6, 6.07) is 0. The molecule has 0 bridgehead atoms.